The first-order valence-corrected chi connectivity index (χ1v) is 8.82. The van der Waals surface area contributed by atoms with Crippen LogP contribution in [0.25, 0.3) is 0 Å². The molecule has 0 aromatic carbocycles. The summed E-state index contributed by atoms with van der Waals surface area (Å²) < 4.78 is 39.6. The first kappa shape index (κ1) is 18.8. The van der Waals surface area contributed by atoms with Gasteiger partial charge in [0.05, 0.1) is 5.69 Å². The molecule has 1 fully saturated rings. The second-order valence-corrected chi connectivity index (χ2v) is 6.86. The van der Waals surface area contributed by atoms with Gasteiger partial charge in [-0.3, -0.25) is 9.97 Å². The monoisotopic (exact) mass is 368 g/mol. The minimum Gasteiger partial charge on any atom is -0.306 e. The van der Waals surface area contributed by atoms with Gasteiger partial charge in [-0.2, -0.15) is 18.3 Å². The molecule has 0 amide bonds. The molecule has 142 valence electrons. The second-order valence-electron chi connectivity index (χ2n) is 6.86. The van der Waals surface area contributed by atoms with Gasteiger partial charge in [-0.15, -0.1) is 0 Å². The number of aromatic nitrogens is 5. The molecule has 0 spiro atoms. The fraction of sp³-hybridized carbons (Fsp3) is 0.647. The number of aryl methyl sites for hydroxylation is 2. The van der Waals surface area contributed by atoms with Crippen LogP contribution in [0, 0.1) is 5.92 Å². The molecule has 2 aromatic heterocycles. The number of halogens is 3. The van der Waals surface area contributed by atoms with E-state index in [1.165, 1.54) is 0 Å². The molecule has 0 aliphatic carbocycles. The van der Waals surface area contributed by atoms with E-state index in [9.17, 15) is 13.2 Å². The van der Waals surface area contributed by atoms with Crippen LogP contribution in [0.4, 0.5) is 13.2 Å². The Labute approximate surface area is 150 Å². The Morgan fingerprint density at radius 1 is 1.15 bits per heavy atom. The lowest BCUT2D eigenvalue weighted by molar-refractivity contribution is -0.143. The van der Waals surface area contributed by atoms with E-state index < -0.39 is 12.7 Å². The third-order valence-corrected chi connectivity index (χ3v) is 4.65. The van der Waals surface area contributed by atoms with Crippen molar-refractivity contribution >= 4 is 0 Å². The fourth-order valence-electron chi connectivity index (χ4n) is 3.22. The minimum absolute atomic E-state index is 0.356. The minimum atomic E-state index is -4.32. The first-order valence-electron chi connectivity index (χ1n) is 8.82. The molecule has 26 heavy (non-hydrogen) atoms. The normalized spacial score (nSPS) is 16.9. The van der Waals surface area contributed by atoms with Crippen LogP contribution in [0.3, 0.4) is 0 Å². The van der Waals surface area contributed by atoms with Crippen molar-refractivity contribution in [3.8, 4) is 0 Å². The van der Waals surface area contributed by atoms with Crippen LogP contribution in [0.2, 0.25) is 0 Å². The van der Waals surface area contributed by atoms with E-state index in [0.717, 1.165) is 36.3 Å². The van der Waals surface area contributed by atoms with Gasteiger partial charge in [0.15, 0.2) is 5.82 Å². The Morgan fingerprint density at radius 3 is 2.58 bits per heavy atom. The van der Waals surface area contributed by atoms with Gasteiger partial charge in [-0.05, 0) is 45.3 Å². The third kappa shape index (κ3) is 5.48. The van der Waals surface area contributed by atoms with Crippen LogP contribution in [-0.4, -0.2) is 55.9 Å². The van der Waals surface area contributed by atoms with Gasteiger partial charge in [-0.25, -0.2) is 9.67 Å². The number of rotatable bonds is 6. The molecule has 2 aromatic rings. The van der Waals surface area contributed by atoms with Gasteiger partial charge in [0.2, 0.25) is 0 Å². The molecular formula is C17H23F3N6. The summed E-state index contributed by atoms with van der Waals surface area (Å²) in [5.74, 6) is 1.30. The molecule has 0 atom stereocenters. The van der Waals surface area contributed by atoms with Gasteiger partial charge in [0, 0.05) is 31.4 Å². The molecule has 6 nitrogen and oxygen atoms in total. The van der Waals surface area contributed by atoms with Crippen LogP contribution in [0.5, 0.6) is 0 Å². The average molecular weight is 368 g/mol. The molecule has 0 radical (unpaired) electrons. The molecule has 0 saturated carbocycles. The summed E-state index contributed by atoms with van der Waals surface area (Å²) in [6.07, 6.45) is 3.96. The molecule has 3 heterocycles. The van der Waals surface area contributed by atoms with Crippen molar-refractivity contribution < 1.29 is 13.2 Å². The smallest absolute Gasteiger partial charge is 0.306 e. The molecule has 1 saturated heterocycles. The van der Waals surface area contributed by atoms with E-state index in [1.54, 1.807) is 18.6 Å². The summed E-state index contributed by atoms with van der Waals surface area (Å²) in [5, 5.41) is 4.16. The molecule has 0 bridgehead atoms. The van der Waals surface area contributed by atoms with Gasteiger partial charge in [0.25, 0.3) is 0 Å². The number of piperidine rings is 1. The maximum absolute atomic E-state index is 12.9. The lowest BCUT2D eigenvalue weighted by Crippen LogP contribution is -2.31. The van der Waals surface area contributed by atoms with Crippen molar-refractivity contribution in [2.75, 3.05) is 20.1 Å². The third-order valence-electron chi connectivity index (χ3n) is 4.65. The molecule has 9 heteroatoms. The topological polar surface area (TPSA) is 59.7 Å². The zero-order valence-electron chi connectivity index (χ0n) is 14.8. The Kier molecular flexibility index (Phi) is 5.85. The number of alkyl halides is 3. The highest BCUT2D eigenvalue weighted by atomic mass is 19.4. The van der Waals surface area contributed by atoms with Crippen molar-refractivity contribution in [1.29, 1.82) is 0 Å². The summed E-state index contributed by atoms with van der Waals surface area (Å²) in [7, 11) is 2.08. The Hall–Kier alpha value is -2.03. The van der Waals surface area contributed by atoms with E-state index in [1.807, 2.05) is 0 Å². The highest BCUT2D eigenvalue weighted by Crippen LogP contribution is 2.22. The van der Waals surface area contributed by atoms with Crippen LogP contribution >= 0.6 is 0 Å². The summed E-state index contributed by atoms with van der Waals surface area (Å²) in [5.41, 5.74) is 0.728. The van der Waals surface area contributed by atoms with Crippen molar-refractivity contribution in [1.82, 2.24) is 29.6 Å². The van der Waals surface area contributed by atoms with Gasteiger partial charge < -0.3 is 4.90 Å². The average Bonchev–Trinajstić information content (AvgIpc) is 2.95. The zero-order valence-corrected chi connectivity index (χ0v) is 14.8. The first-order chi connectivity index (χ1) is 12.4. The van der Waals surface area contributed by atoms with Gasteiger partial charge in [0.1, 0.15) is 12.4 Å². The van der Waals surface area contributed by atoms with Crippen molar-refractivity contribution in [3.63, 3.8) is 0 Å². The predicted molar refractivity (Wildman–Crippen MR) is 89.4 cm³/mol. The Morgan fingerprint density at radius 2 is 1.92 bits per heavy atom. The molecule has 3 rings (SSSR count). The summed E-state index contributed by atoms with van der Waals surface area (Å²) >= 11 is 0. The number of nitrogens with zero attached hydrogens (tertiary/aromatic N) is 6. The van der Waals surface area contributed by atoms with Crippen molar-refractivity contribution in [3.05, 3.63) is 35.9 Å². The lowest BCUT2D eigenvalue weighted by Gasteiger charge is -2.28. The van der Waals surface area contributed by atoms with Gasteiger partial charge in [-0.1, -0.05) is 0 Å². The Balaban J connectivity index is 1.69. The van der Waals surface area contributed by atoms with Crippen molar-refractivity contribution in [2.45, 2.75) is 44.8 Å². The van der Waals surface area contributed by atoms with E-state index in [0.29, 0.717) is 36.8 Å². The summed E-state index contributed by atoms with van der Waals surface area (Å²) in [6, 6.07) is 0. The largest absolute Gasteiger partial charge is 0.408 e. The quantitative estimate of drug-likeness (QED) is 0.783. The molecule has 1 aliphatic rings. The van der Waals surface area contributed by atoms with Crippen LogP contribution in [0.1, 0.15) is 30.2 Å². The van der Waals surface area contributed by atoms with E-state index in [4.69, 9.17) is 0 Å². The maximum Gasteiger partial charge on any atom is 0.408 e. The lowest BCUT2D eigenvalue weighted by atomic mass is 9.94. The number of hydrogen-bond donors (Lipinski definition) is 0. The highest BCUT2D eigenvalue weighted by molar-refractivity contribution is 5.01. The highest BCUT2D eigenvalue weighted by Gasteiger charge is 2.30. The van der Waals surface area contributed by atoms with E-state index in [-0.39, 0.29) is 0 Å². The van der Waals surface area contributed by atoms with Crippen LogP contribution in [-0.2, 0) is 25.8 Å². The second kappa shape index (κ2) is 8.11. The zero-order chi connectivity index (χ0) is 18.6. The standard InChI is InChI=1S/C17H23F3N6/c1-25-8-4-13(5-9-25)10-15-23-16(26(24-15)12-17(18,19)20)3-2-14-11-21-6-7-22-14/h6-7,11,13H,2-5,8-10,12H2,1H3. The molecule has 0 N–H and O–H groups in total. The predicted octanol–water partition coefficient (Wildman–Crippen LogP) is 2.30. The molecule has 0 unspecified atom stereocenters. The number of hydrogen-bond acceptors (Lipinski definition) is 5. The van der Waals surface area contributed by atoms with Gasteiger partial charge >= 0.3 is 6.18 Å². The molecular weight excluding hydrogens is 345 g/mol. The summed E-state index contributed by atoms with van der Waals surface area (Å²) in [6.45, 7) is 0.907. The number of likely N-dealkylation sites (tertiary alicyclic amines) is 1. The van der Waals surface area contributed by atoms with E-state index >= 15 is 0 Å². The SMILES string of the molecule is CN1CCC(Cc2nc(CCc3cnccn3)n(CC(F)(F)F)n2)CC1. The Bertz CT molecular complexity index is 692. The molecule has 1 aliphatic heterocycles. The fourth-order valence-corrected chi connectivity index (χ4v) is 3.22. The maximum atomic E-state index is 12.9. The van der Waals surface area contributed by atoms with Crippen molar-refractivity contribution in [2.24, 2.45) is 5.92 Å². The van der Waals surface area contributed by atoms with Crippen LogP contribution < -0.4 is 0 Å². The summed E-state index contributed by atoms with van der Waals surface area (Å²) in [4.78, 5) is 14.8. The van der Waals surface area contributed by atoms with Crippen LogP contribution in [0.15, 0.2) is 18.6 Å². The van der Waals surface area contributed by atoms with E-state index in [2.05, 4.69) is 32.0 Å².